The summed E-state index contributed by atoms with van der Waals surface area (Å²) in [6, 6.07) is 9.77. The van der Waals surface area contributed by atoms with Gasteiger partial charge >= 0.3 is 6.09 Å². The summed E-state index contributed by atoms with van der Waals surface area (Å²) in [5.74, 6) is 0.546. The van der Waals surface area contributed by atoms with Gasteiger partial charge < -0.3 is 15.4 Å². The SMILES string of the molecule is CC(C)C1(CN)CCN(C(=O)OCc2ccccc2)CC1. The molecule has 0 unspecified atom stereocenters. The van der Waals surface area contributed by atoms with Crippen molar-refractivity contribution in [1.29, 1.82) is 0 Å². The maximum Gasteiger partial charge on any atom is 0.410 e. The zero-order chi connectivity index (χ0) is 15.3. The Bertz CT molecular complexity index is 451. The predicted molar refractivity (Wildman–Crippen MR) is 83.8 cm³/mol. The smallest absolute Gasteiger partial charge is 0.410 e. The molecule has 0 aromatic heterocycles. The summed E-state index contributed by atoms with van der Waals surface area (Å²) in [6.07, 6.45) is 1.71. The highest BCUT2D eigenvalue weighted by atomic mass is 16.6. The first-order chi connectivity index (χ1) is 10.1. The van der Waals surface area contributed by atoms with E-state index in [9.17, 15) is 4.79 Å². The largest absolute Gasteiger partial charge is 0.445 e. The van der Waals surface area contributed by atoms with Crippen LogP contribution in [0.4, 0.5) is 4.79 Å². The van der Waals surface area contributed by atoms with Gasteiger partial charge in [-0.15, -0.1) is 0 Å². The van der Waals surface area contributed by atoms with Gasteiger partial charge in [0.05, 0.1) is 0 Å². The molecule has 0 saturated carbocycles. The van der Waals surface area contributed by atoms with Gasteiger partial charge in [0, 0.05) is 13.1 Å². The maximum absolute atomic E-state index is 12.1. The first kappa shape index (κ1) is 15.8. The number of hydrogen-bond donors (Lipinski definition) is 1. The van der Waals surface area contributed by atoms with Crippen molar-refractivity contribution >= 4 is 6.09 Å². The Morgan fingerprint density at radius 2 is 1.90 bits per heavy atom. The minimum absolute atomic E-state index is 0.177. The van der Waals surface area contributed by atoms with Crippen molar-refractivity contribution in [2.75, 3.05) is 19.6 Å². The summed E-state index contributed by atoms with van der Waals surface area (Å²) in [5, 5.41) is 0. The lowest BCUT2D eigenvalue weighted by Gasteiger charge is -2.43. The summed E-state index contributed by atoms with van der Waals surface area (Å²) >= 11 is 0. The Balaban J connectivity index is 1.83. The molecule has 2 N–H and O–H groups in total. The highest BCUT2D eigenvalue weighted by molar-refractivity contribution is 5.67. The van der Waals surface area contributed by atoms with Crippen LogP contribution in [0.2, 0.25) is 0 Å². The van der Waals surface area contributed by atoms with Crippen molar-refractivity contribution in [3.63, 3.8) is 0 Å². The Labute approximate surface area is 127 Å². The van der Waals surface area contributed by atoms with E-state index in [-0.39, 0.29) is 11.5 Å². The van der Waals surface area contributed by atoms with E-state index in [2.05, 4.69) is 13.8 Å². The van der Waals surface area contributed by atoms with Crippen molar-refractivity contribution in [2.45, 2.75) is 33.3 Å². The average Bonchev–Trinajstić information content (AvgIpc) is 2.53. The zero-order valence-electron chi connectivity index (χ0n) is 13.0. The molecule has 1 aliphatic rings. The summed E-state index contributed by atoms with van der Waals surface area (Å²) < 4.78 is 5.39. The fourth-order valence-corrected chi connectivity index (χ4v) is 2.96. The lowest BCUT2D eigenvalue weighted by atomic mass is 9.70. The standard InChI is InChI=1S/C17H26N2O2/c1-14(2)17(13-18)8-10-19(11-9-17)16(20)21-12-15-6-4-3-5-7-15/h3-7,14H,8-13,18H2,1-2H3. The van der Waals surface area contributed by atoms with Crippen LogP contribution in [0.15, 0.2) is 30.3 Å². The first-order valence-electron chi connectivity index (χ1n) is 7.73. The normalized spacial score (nSPS) is 17.8. The molecular formula is C17H26N2O2. The second-order valence-corrected chi connectivity index (χ2v) is 6.25. The molecule has 1 aromatic carbocycles. The van der Waals surface area contributed by atoms with Gasteiger partial charge in [0.1, 0.15) is 6.61 Å². The number of ether oxygens (including phenoxy) is 1. The molecule has 1 heterocycles. The predicted octanol–water partition coefficient (Wildman–Crippen LogP) is 3.02. The van der Waals surface area contributed by atoms with Crippen LogP contribution in [0.1, 0.15) is 32.3 Å². The van der Waals surface area contributed by atoms with Crippen molar-refractivity contribution in [2.24, 2.45) is 17.1 Å². The lowest BCUT2D eigenvalue weighted by molar-refractivity contribution is 0.0459. The van der Waals surface area contributed by atoms with Crippen molar-refractivity contribution in [3.8, 4) is 0 Å². The second-order valence-electron chi connectivity index (χ2n) is 6.25. The third-order valence-electron chi connectivity index (χ3n) is 4.85. The van der Waals surface area contributed by atoms with Gasteiger partial charge in [0.2, 0.25) is 0 Å². The third-order valence-corrected chi connectivity index (χ3v) is 4.85. The molecule has 0 radical (unpaired) electrons. The van der Waals surface area contributed by atoms with E-state index < -0.39 is 0 Å². The number of nitrogens with zero attached hydrogens (tertiary/aromatic N) is 1. The van der Waals surface area contributed by atoms with Crippen molar-refractivity contribution in [1.82, 2.24) is 4.90 Å². The zero-order valence-corrected chi connectivity index (χ0v) is 13.0. The summed E-state index contributed by atoms with van der Waals surface area (Å²) in [4.78, 5) is 13.9. The van der Waals surface area contributed by atoms with Crippen molar-refractivity contribution in [3.05, 3.63) is 35.9 Å². The maximum atomic E-state index is 12.1. The van der Waals surface area contributed by atoms with Crippen LogP contribution in [0.25, 0.3) is 0 Å². The molecule has 21 heavy (non-hydrogen) atoms. The number of nitrogens with two attached hydrogens (primary N) is 1. The van der Waals surface area contributed by atoms with Gasteiger partial charge in [0.25, 0.3) is 0 Å². The number of piperidine rings is 1. The molecular weight excluding hydrogens is 264 g/mol. The van der Waals surface area contributed by atoms with E-state index in [1.54, 1.807) is 4.90 Å². The Morgan fingerprint density at radius 3 is 2.43 bits per heavy atom. The molecule has 1 amide bonds. The van der Waals surface area contributed by atoms with Gasteiger partial charge in [-0.05, 0) is 36.3 Å². The number of carbonyl (C=O) groups excluding carboxylic acids is 1. The molecule has 1 fully saturated rings. The summed E-state index contributed by atoms with van der Waals surface area (Å²) in [5.41, 5.74) is 7.15. The van der Waals surface area contributed by atoms with Gasteiger partial charge in [0.15, 0.2) is 0 Å². The van der Waals surface area contributed by atoms with E-state index in [1.807, 2.05) is 30.3 Å². The number of carbonyl (C=O) groups is 1. The molecule has 1 aromatic rings. The number of benzene rings is 1. The topological polar surface area (TPSA) is 55.6 Å². The second kappa shape index (κ2) is 6.94. The van der Waals surface area contributed by atoms with Crippen LogP contribution in [-0.4, -0.2) is 30.6 Å². The van der Waals surface area contributed by atoms with Crippen molar-refractivity contribution < 1.29 is 9.53 Å². The fourth-order valence-electron chi connectivity index (χ4n) is 2.96. The van der Waals surface area contributed by atoms with E-state index >= 15 is 0 Å². The number of amides is 1. The monoisotopic (exact) mass is 290 g/mol. The Hall–Kier alpha value is -1.55. The van der Waals surface area contributed by atoms with Gasteiger partial charge in [-0.3, -0.25) is 0 Å². The van der Waals surface area contributed by atoms with Crippen LogP contribution < -0.4 is 5.73 Å². The van der Waals surface area contributed by atoms with E-state index in [0.717, 1.165) is 31.5 Å². The molecule has 0 spiro atoms. The Morgan fingerprint density at radius 1 is 1.29 bits per heavy atom. The highest BCUT2D eigenvalue weighted by Gasteiger charge is 2.37. The van der Waals surface area contributed by atoms with Crippen LogP contribution >= 0.6 is 0 Å². The minimum atomic E-state index is -0.215. The first-order valence-corrected chi connectivity index (χ1v) is 7.73. The van der Waals surface area contributed by atoms with Crippen LogP contribution in [0.5, 0.6) is 0 Å². The number of likely N-dealkylation sites (tertiary alicyclic amines) is 1. The molecule has 1 saturated heterocycles. The number of rotatable bonds is 4. The van der Waals surface area contributed by atoms with Crippen LogP contribution in [0, 0.1) is 11.3 Å². The van der Waals surface area contributed by atoms with E-state index in [0.29, 0.717) is 19.1 Å². The lowest BCUT2D eigenvalue weighted by Crippen LogP contribution is -2.48. The van der Waals surface area contributed by atoms with Crippen LogP contribution in [-0.2, 0) is 11.3 Å². The molecule has 2 rings (SSSR count). The molecule has 116 valence electrons. The van der Waals surface area contributed by atoms with Gasteiger partial charge in [-0.2, -0.15) is 0 Å². The number of hydrogen-bond acceptors (Lipinski definition) is 3. The molecule has 0 aliphatic carbocycles. The fraction of sp³-hybridized carbons (Fsp3) is 0.588. The third kappa shape index (κ3) is 3.76. The van der Waals surface area contributed by atoms with E-state index in [1.165, 1.54) is 0 Å². The molecule has 4 heteroatoms. The highest BCUT2D eigenvalue weighted by Crippen LogP contribution is 2.37. The average molecular weight is 290 g/mol. The van der Waals surface area contributed by atoms with Gasteiger partial charge in [-0.1, -0.05) is 44.2 Å². The molecule has 0 bridgehead atoms. The molecule has 0 atom stereocenters. The van der Waals surface area contributed by atoms with Gasteiger partial charge in [-0.25, -0.2) is 4.79 Å². The van der Waals surface area contributed by atoms with E-state index in [4.69, 9.17) is 10.5 Å². The quantitative estimate of drug-likeness (QED) is 0.927. The molecule has 4 nitrogen and oxygen atoms in total. The van der Waals surface area contributed by atoms with Crippen LogP contribution in [0.3, 0.4) is 0 Å². The summed E-state index contributed by atoms with van der Waals surface area (Å²) in [6.45, 7) is 6.94. The summed E-state index contributed by atoms with van der Waals surface area (Å²) in [7, 11) is 0. The Kier molecular flexibility index (Phi) is 5.23. The molecule has 1 aliphatic heterocycles. The minimum Gasteiger partial charge on any atom is -0.445 e.